The van der Waals surface area contributed by atoms with Crippen LogP contribution in [0.15, 0.2) is 0 Å². The van der Waals surface area contributed by atoms with Gasteiger partial charge < -0.3 is 25.7 Å². The van der Waals surface area contributed by atoms with E-state index in [1.807, 2.05) is 0 Å². The largest absolute Gasteiger partial charge is 0.394 e. The first-order valence-corrected chi connectivity index (χ1v) is 8.97. The normalized spacial score (nSPS) is 15.2. The lowest BCUT2D eigenvalue weighted by molar-refractivity contribution is -0.142. The number of nitrogens with one attached hydrogen (secondary N) is 1. The summed E-state index contributed by atoms with van der Waals surface area (Å²) in [6, 6.07) is 0. The highest BCUT2D eigenvalue weighted by Crippen LogP contribution is 2.10. The van der Waals surface area contributed by atoms with E-state index in [0.29, 0.717) is 6.54 Å². The molecule has 0 aromatic carbocycles. The van der Waals surface area contributed by atoms with E-state index < -0.39 is 30.8 Å². The van der Waals surface area contributed by atoms with Crippen LogP contribution < -0.4 is 5.32 Å². The van der Waals surface area contributed by atoms with E-state index in [-0.39, 0.29) is 0 Å². The second-order valence-electron chi connectivity index (χ2n) is 6.16. The van der Waals surface area contributed by atoms with Crippen molar-refractivity contribution in [3.8, 4) is 0 Å². The summed E-state index contributed by atoms with van der Waals surface area (Å²) in [5.41, 5.74) is 0. The summed E-state index contributed by atoms with van der Waals surface area (Å²) < 4.78 is 0. The quantitative estimate of drug-likeness (QED) is 0.288. The highest BCUT2D eigenvalue weighted by molar-refractivity contribution is 5.81. The average Bonchev–Trinajstić information content (AvgIpc) is 2.57. The molecule has 6 heteroatoms. The SMILES string of the molecule is CCCCCCCCCCCCNC(=O)[C@H](O)[C@@H](O)[C@@H](O)CO. The second kappa shape index (κ2) is 14.9. The molecule has 23 heavy (non-hydrogen) atoms. The summed E-state index contributed by atoms with van der Waals surface area (Å²) in [5, 5.41) is 39.3. The molecule has 1 amide bonds. The van der Waals surface area contributed by atoms with Gasteiger partial charge in [-0.05, 0) is 6.42 Å². The molecule has 0 unspecified atom stereocenters. The van der Waals surface area contributed by atoms with Crippen LogP contribution in [0.5, 0.6) is 0 Å². The lowest BCUT2D eigenvalue weighted by Crippen LogP contribution is -2.48. The van der Waals surface area contributed by atoms with Gasteiger partial charge in [-0.15, -0.1) is 0 Å². The highest BCUT2D eigenvalue weighted by atomic mass is 16.4. The topological polar surface area (TPSA) is 110 Å². The first-order valence-electron chi connectivity index (χ1n) is 8.97. The van der Waals surface area contributed by atoms with Gasteiger partial charge in [-0.2, -0.15) is 0 Å². The molecule has 0 spiro atoms. The number of aliphatic hydroxyl groups excluding tert-OH is 4. The van der Waals surface area contributed by atoms with Crippen LogP contribution in [0.4, 0.5) is 0 Å². The van der Waals surface area contributed by atoms with Crippen LogP contribution in [0.1, 0.15) is 71.1 Å². The Morgan fingerprint density at radius 1 is 0.870 bits per heavy atom. The van der Waals surface area contributed by atoms with Gasteiger partial charge >= 0.3 is 0 Å². The Morgan fingerprint density at radius 2 is 1.35 bits per heavy atom. The third-order valence-electron chi connectivity index (χ3n) is 4.00. The fraction of sp³-hybridized carbons (Fsp3) is 0.941. The zero-order chi connectivity index (χ0) is 17.5. The van der Waals surface area contributed by atoms with Crippen LogP contribution in [0, 0.1) is 0 Å². The van der Waals surface area contributed by atoms with Gasteiger partial charge in [0.2, 0.25) is 0 Å². The number of unbranched alkanes of at least 4 members (excludes halogenated alkanes) is 9. The van der Waals surface area contributed by atoms with Gasteiger partial charge in [-0.1, -0.05) is 64.7 Å². The molecule has 0 fully saturated rings. The van der Waals surface area contributed by atoms with E-state index in [9.17, 15) is 15.0 Å². The monoisotopic (exact) mass is 333 g/mol. The molecule has 0 saturated carbocycles. The number of aliphatic hydroxyl groups is 4. The summed E-state index contributed by atoms with van der Waals surface area (Å²) in [4.78, 5) is 11.6. The molecule has 0 aromatic heterocycles. The van der Waals surface area contributed by atoms with Gasteiger partial charge in [0.15, 0.2) is 6.10 Å². The van der Waals surface area contributed by atoms with Crippen molar-refractivity contribution in [1.29, 1.82) is 0 Å². The van der Waals surface area contributed by atoms with Crippen LogP contribution in [0.2, 0.25) is 0 Å². The zero-order valence-electron chi connectivity index (χ0n) is 14.4. The molecule has 3 atom stereocenters. The molecule has 0 aliphatic carbocycles. The summed E-state index contributed by atoms with van der Waals surface area (Å²) >= 11 is 0. The van der Waals surface area contributed by atoms with Crippen LogP contribution >= 0.6 is 0 Å². The standard InChI is InChI=1S/C17H35NO5/c1-2-3-4-5-6-7-8-9-10-11-12-18-17(23)16(22)15(21)14(20)13-19/h14-16,19-22H,2-13H2,1H3,(H,18,23)/t14-,15-,16+/m0/s1. The van der Waals surface area contributed by atoms with Crippen molar-refractivity contribution in [3.05, 3.63) is 0 Å². The molecule has 138 valence electrons. The smallest absolute Gasteiger partial charge is 0.251 e. The van der Waals surface area contributed by atoms with Crippen molar-refractivity contribution in [3.63, 3.8) is 0 Å². The first kappa shape index (κ1) is 22.3. The van der Waals surface area contributed by atoms with E-state index in [1.165, 1.54) is 44.9 Å². The number of hydrogen-bond acceptors (Lipinski definition) is 5. The lowest BCUT2D eigenvalue weighted by atomic mass is 10.1. The fourth-order valence-electron chi connectivity index (χ4n) is 2.40. The predicted octanol–water partition coefficient (Wildman–Crippen LogP) is 1.10. The van der Waals surface area contributed by atoms with Crippen LogP contribution in [0.3, 0.4) is 0 Å². The lowest BCUT2D eigenvalue weighted by Gasteiger charge is -2.20. The fourth-order valence-corrected chi connectivity index (χ4v) is 2.40. The van der Waals surface area contributed by atoms with Crippen molar-refractivity contribution in [2.75, 3.05) is 13.2 Å². The van der Waals surface area contributed by atoms with Gasteiger partial charge in [0, 0.05) is 6.54 Å². The number of rotatable bonds is 15. The van der Waals surface area contributed by atoms with Gasteiger partial charge in [0.1, 0.15) is 12.2 Å². The summed E-state index contributed by atoms with van der Waals surface area (Å²) in [5.74, 6) is -0.721. The molecule has 0 rings (SSSR count). The van der Waals surface area contributed by atoms with E-state index in [1.54, 1.807) is 0 Å². The highest BCUT2D eigenvalue weighted by Gasteiger charge is 2.29. The van der Waals surface area contributed by atoms with E-state index in [0.717, 1.165) is 19.3 Å². The van der Waals surface area contributed by atoms with Gasteiger partial charge in [-0.3, -0.25) is 4.79 Å². The summed E-state index contributed by atoms with van der Waals surface area (Å²) in [6.07, 6.45) is 7.11. The Hall–Kier alpha value is -0.690. The average molecular weight is 333 g/mol. The van der Waals surface area contributed by atoms with Crippen molar-refractivity contribution in [2.45, 2.75) is 89.4 Å². The minimum absolute atomic E-state index is 0.439. The van der Waals surface area contributed by atoms with Crippen molar-refractivity contribution >= 4 is 5.91 Å². The molecule has 0 saturated heterocycles. The first-order chi connectivity index (χ1) is 11.0. The molecule has 0 bridgehead atoms. The Balaban J connectivity index is 3.48. The third kappa shape index (κ3) is 11.5. The molecular weight excluding hydrogens is 298 g/mol. The van der Waals surface area contributed by atoms with E-state index in [2.05, 4.69) is 12.2 Å². The molecule has 0 radical (unpaired) electrons. The molecule has 0 aliphatic rings. The molecule has 6 nitrogen and oxygen atoms in total. The van der Waals surface area contributed by atoms with E-state index in [4.69, 9.17) is 10.2 Å². The molecule has 0 aromatic rings. The van der Waals surface area contributed by atoms with Crippen LogP contribution in [-0.2, 0) is 4.79 Å². The Morgan fingerprint density at radius 3 is 1.83 bits per heavy atom. The predicted molar refractivity (Wildman–Crippen MR) is 90.0 cm³/mol. The molecular formula is C17H35NO5. The Labute approximate surface area is 139 Å². The third-order valence-corrected chi connectivity index (χ3v) is 4.00. The van der Waals surface area contributed by atoms with Gasteiger partial charge in [0.05, 0.1) is 6.61 Å². The van der Waals surface area contributed by atoms with Gasteiger partial charge in [-0.25, -0.2) is 0 Å². The van der Waals surface area contributed by atoms with Crippen LogP contribution in [-0.4, -0.2) is 57.8 Å². The van der Waals surface area contributed by atoms with Crippen molar-refractivity contribution < 1.29 is 25.2 Å². The van der Waals surface area contributed by atoms with Crippen molar-refractivity contribution in [2.24, 2.45) is 0 Å². The Bertz CT molecular complexity index is 288. The maximum absolute atomic E-state index is 11.6. The van der Waals surface area contributed by atoms with Gasteiger partial charge in [0.25, 0.3) is 5.91 Å². The number of hydrogen-bond donors (Lipinski definition) is 5. The maximum Gasteiger partial charge on any atom is 0.251 e. The zero-order valence-corrected chi connectivity index (χ0v) is 14.4. The minimum atomic E-state index is -1.72. The molecule has 0 heterocycles. The van der Waals surface area contributed by atoms with E-state index >= 15 is 0 Å². The molecule has 5 N–H and O–H groups in total. The second-order valence-corrected chi connectivity index (χ2v) is 6.16. The number of amides is 1. The Kier molecular flexibility index (Phi) is 14.4. The summed E-state index contributed by atoms with van der Waals surface area (Å²) in [6.45, 7) is 1.95. The van der Waals surface area contributed by atoms with Crippen LogP contribution in [0.25, 0.3) is 0 Å². The number of carbonyl (C=O) groups excluding carboxylic acids is 1. The summed E-state index contributed by atoms with van der Waals surface area (Å²) in [7, 11) is 0. The minimum Gasteiger partial charge on any atom is -0.394 e. The van der Waals surface area contributed by atoms with Crippen molar-refractivity contribution in [1.82, 2.24) is 5.32 Å². The maximum atomic E-state index is 11.6. The number of carbonyl (C=O) groups is 1. The molecule has 0 aliphatic heterocycles.